The lowest BCUT2D eigenvalue weighted by Crippen LogP contribution is -2.32. The Balaban J connectivity index is 1.69. The van der Waals surface area contributed by atoms with Crippen LogP contribution in [0.3, 0.4) is 0 Å². The zero-order valence-corrected chi connectivity index (χ0v) is 17.9. The van der Waals surface area contributed by atoms with Gasteiger partial charge in [-0.2, -0.15) is 17.5 Å². The average Bonchev–Trinajstić information content (AvgIpc) is 3.36. The molecule has 1 fully saturated rings. The van der Waals surface area contributed by atoms with Crippen molar-refractivity contribution >= 4 is 15.7 Å². The first-order valence-electron chi connectivity index (χ1n) is 9.68. The van der Waals surface area contributed by atoms with Crippen LogP contribution in [0.1, 0.15) is 17.2 Å². The minimum Gasteiger partial charge on any atom is -0.380 e. The van der Waals surface area contributed by atoms with Gasteiger partial charge in [-0.1, -0.05) is 0 Å². The lowest BCUT2D eigenvalue weighted by Gasteiger charge is -2.21. The number of halogens is 5. The van der Waals surface area contributed by atoms with Crippen molar-refractivity contribution < 1.29 is 30.4 Å². The van der Waals surface area contributed by atoms with Crippen LogP contribution in [0.15, 0.2) is 54.1 Å². The van der Waals surface area contributed by atoms with E-state index in [-0.39, 0.29) is 29.5 Å². The van der Waals surface area contributed by atoms with Gasteiger partial charge in [0.05, 0.1) is 17.6 Å². The Labute approximate surface area is 185 Å². The molecule has 3 aromatic rings. The monoisotopic (exact) mass is 487 g/mol. The molecule has 0 bridgehead atoms. The highest BCUT2D eigenvalue weighted by Crippen LogP contribution is 2.36. The van der Waals surface area contributed by atoms with Crippen LogP contribution >= 0.6 is 0 Å². The molecule has 1 saturated heterocycles. The molecule has 2 atom stereocenters. The number of aromatic nitrogens is 3. The van der Waals surface area contributed by atoms with E-state index >= 15 is 0 Å². The van der Waals surface area contributed by atoms with Gasteiger partial charge < -0.3 is 9.88 Å². The van der Waals surface area contributed by atoms with Crippen LogP contribution in [0.25, 0.3) is 0 Å². The molecule has 176 valence electrons. The van der Waals surface area contributed by atoms with Gasteiger partial charge in [-0.3, -0.25) is 4.98 Å². The summed E-state index contributed by atoms with van der Waals surface area (Å²) in [7, 11) is -2.47. The second-order valence-corrected chi connectivity index (χ2v) is 9.50. The first-order chi connectivity index (χ1) is 15.5. The van der Waals surface area contributed by atoms with Gasteiger partial charge in [-0.15, -0.1) is 0 Å². The number of nitrogens with zero attached hydrogens (tertiary/aromatic N) is 4. The fraction of sp³-hybridized carbons (Fsp3) is 0.300. The Morgan fingerprint density at radius 3 is 2.48 bits per heavy atom. The summed E-state index contributed by atoms with van der Waals surface area (Å²) in [4.78, 5) is 7.88. The van der Waals surface area contributed by atoms with E-state index < -0.39 is 45.4 Å². The molecule has 0 spiro atoms. The molecule has 0 amide bonds. The first kappa shape index (κ1) is 23.1. The van der Waals surface area contributed by atoms with E-state index in [2.05, 4.69) is 15.3 Å². The Bertz CT molecular complexity index is 1280. The third-order valence-electron chi connectivity index (χ3n) is 5.33. The van der Waals surface area contributed by atoms with Crippen molar-refractivity contribution in [2.75, 3.05) is 18.4 Å². The summed E-state index contributed by atoms with van der Waals surface area (Å²) in [5, 5.41) is 2.59. The fourth-order valence-corrected chi connectivity index (χ4v) is 5.22. The van der Waals surface area contributed by atoms with E-state index in [4.69, 9.17) is 0 Å². The highest BCUT2D eigenvalue weighted by Gasteiger charge is 2.43. The highest BCUT2D eigenvalue weighted by molar-refractivity contribution is 7.89. The number of nitrogens with one attached hydrogen (secondary N) is 1. The average molecular weight is 487 g/mol. The summed E-state index contributed by atoms with van der Waals surface area (Å²) in [5.74, 6) is -2.95. The van der Waals surface area contributed by atoms with Gasteiger partial charge in [0.15, 0.2) is 5.03 Å². The summed E-state index contributed by atoms with van der Waals surface area (Å²) in [5.41, 5.74) is -1.59. The fourth-order valence-electron chi connectivity index (χ4n) is 3.76. The standard InChI is InChI=1S/C20H18F5N5O2S/c1-29-10-18(27-11-29)33(31,32)30-8-13(19-16(22)3-2-6-26-19)17(9-30)28-12-4-5-15(21)14(7-12)20(23,24)25/h2-7,10-11,13,17,28H,8-9H2,1H3. The summed E-state index contributed by atoms with van der Waals surface area (Å²) < 4.78 is 96.2. The molecule has 0 aliphatic carbocycles. The zero-order chi connectivity index (χ0) is 24.0. The summed E-state index contributed by atoms with van der Waals surface area (Å²) in [6.45, 7) is -0.379. The van der Waals surface area contributed by atoms with Crippen LogP contribution in [0.4, 0.5) is 27.6 Å². The number of hydrogen-bond donors (Lipinski definition) is 1. The maximum atomic E-state index is 14.5. The molecular formula is C20H18F5N5O2S. The minimum atomic E-state index is -4.92. The van der Waals surface area contributed by atoms with E-state index in [1.807, 2.05) is 0 Å². The quantitative estimate of drug-likeness (QED) is 0.559. The zero-order valence-electron chi connectivity index (χ0n) is 17.1. The van der Waals surface area contributed by atoms with E-state index in [1.165, 1.54) is 29.4 Å². The van der Waals surface area contributed by atoms with E-state index in [9.17, 15) is 30.4 Å². The smallest absolute Gasteiger partial charge is 0.380 e. The molecule has 2 aromatic heterocycles. The van der Waals surface area contributed by atoms with Crippen molar-refractivity contribution in [3.63, 3.8) is 0 Å². The molecule has 0 radical (unpaired) electrons. The molecule has 33 heavy (non-hydrogen) atoms. The number of imidazole rings is 1. The predicted octanol–water partition coefficient (Wildman–Crippen LogP) is 3.38. The van der Waals surface area contributed by atoms with Gasteiger partial charge in [-0.05, 0) is 30.3 Å². The van der Waals surface area contributed by atoms with Crippen LogP contribution in [0, 0.1) is 11.6 Å². The Kier molecular flexibility index (Phi) is 5.86. The number of benzene rings is 1. The highest BCUT2D eigenvalue weighted by atomic mass is 32.2. The number of anilines is 1. The largest absolute Gasteiger partial charge is 0.419 e. The minimum absolute atomic E-state index is 0.0353. The second-order valence-electron chi connectivity index (χ2n) is 7.62. The van der Waals surface area contributed by atoms with Gasteiger partial charge in [0.1, 0.15) is 11.6 Å². The molecule has 1 aromatic carbocycles. The normalized spacial score (nSPS) is 19.7. The summed E-state index contributed by atoms with van der Waals surface area (Å²) in [6.07, 6.45) is -0.961. The van der Waals surface area contributed by atoms with Crippen molar-refractivity contribution in [1.29, 1.82) is 0 Å². The molecule has 3 heterocycles. The van der Waals surface area contributed by atoms with Gasteiger partial charge in [0.2, 0.25) is 0 Å². The number of alkyl halides is 3. The lowest BCUT2D eigenvalue weighted by molar-refractivity contribution is -0.139. The molecule has 4 rings (SSSR count). The van der Waals surface area contributed by atoms with Crippen LogP contribution < -0.4 is 5.32 Å². The van der Waals surface area contributed by atoms with Crippen LogP contribution in [-0.2, 0) is 23.2 Å². The third-order valence-corrected chi connectivity index (χ3v) is 7.05. The molecular weight excluding hydrogens is 469 g/mol. The van der Waals surface area contributed by atoms with Gasteiger partial charge in [0.25, 0.3) is 10.0 Å². The van der Waals surface area contributed by atoms with Crippen molar-refractivity contribution in [3.05, 3.63) is 71.9 Å². The number of aryl methyl sites for hydroxylation is 1. The van der Waals surface area contributed by atoms with Gasteiger partial charge >= 0.3 is 6.18 Å². The van der Waals surface area contributed by atoms with E-state index in [0.29, 0.717) is 12.1 Å². The first-order valence-corrected chi connectivity index (χ1v) is 11.1. The van der Waals surface area contributed by atoms with Crippen molar-refractivity contribution in [2.24, 2.45) is 7.05 Å². The number of rotatable bonds is 5. The maximum Gasteiger partial charge on any atom is 0.419 e. The maximum absolute atomic E-state index is 14.5. The molecule has 0 saturated carbocycles. The molecule has 1 N–H and O–H groups in total. The number of pyridine rings is 1. The molecule has 7 nitrogen and oxygen atoms in total. The second kappa shape index (κ2) is 8.37. The lowest BCUT2D eigenvalue weighted by atomic mass is 9.98. The molecule has 2 unspecified atom stereocenters. The van der Waals surface area contributed by atoms with Crippen molar-refractivity contribution in [1.82, 2.24) is 18.8 Å². The van der Waals surface area contributed by atoms with E-state index in [1.54, 1.807) is 7.05 Å². The van der Waals surface area contributed by atoms with E-state index in [0.717, 1.165) is 16.4 Å². The number of hydrogen-bond acceptors (Lipinski definition) is 5. The van der Waals surface area contributed by atoms with Gasteiger partial charge in [-0.25, -0.2) is 22.2 Å². The Hall–Kier alpha value is -3.06. The summed E-state index contributed by atoms with van der Waals surface area (Å²) in [6, 6.07) is 4.05. The Morgan fingerprint density at radius 1 is 1.09 bits per heavy atom. The van der Waals surface area contributed by atoms with Crippen LogP contribution in [0.5, 0.6) is 0 Å². The van der Waals surface area contributed by atoms with Gasteiger partial charge in [0, 0.05) is 50.2 Å². The number of sulfonamides is 1. The van der Waals surface area contributed by atoms with Crippen LogP contribution in [-0.4, -0.2) is 46.4 Å². The van der Waals surface area contributed by atoms with Crippen molar-refractivity contribution in [2.45, 2.75) is 23.2 Å². The van der Waals surface area contributed by atoms with Crippen molar-refractivity contribution in [3.8, 4) is 0 Å². The molecule has 1 aliphatic rings. The Morgan fingerprint density at radius 2 is 1.85 bits per heavy atom. The molecule has 1 aliphatic heterocycles. The SMILES string of the molecule is Cn1cnc(S(=O)(=O)N2CC(Nc3ccc(F)c(C(F)(F)F)c3)C(c3ncccc3F)C2)c1. The third kappa shape index (κ3) is 4.55. The molecule has 13 heteroatoms. The predicted molar refractivity (Wildman–Crippen MR) is 108 cm³/mol. The summed E-state index contributed by atoms with van der Waals surface area (Å²) >= 11 is 0. The van der Waals surface area contributed by atoms with Crippen LogP contribution in [0.2, 0.25) is 0 Å². The topological polar surface area (TPSA) is 80.1 Å².